The van der Waals surface area contributed by atoms with Gasteiger partial charge < -0.3 is 15.1 Å². The lowest BCUT2D eigenvalue weighted by molar-refractivity contribution is -0.132. The van der Waals surface area contributed by atoms with Crippen LogP contribution in [0.2, 0.25) is 0 Å². The van der Waals surface area contributed by atoms with Gasteiger partial charge >= 0.3 is 0 Å². The topological polar surface area (TPSA) is 56.6 Å². The minimum atomic E-state index is -0.00434. The van der Waals surface area contributed by atoms with Gasteiger partial charge in [0, 0.05) is 69.9 Å². The molecule has 160 valence electrons. The molecule has 5 rings (SSSR count). The monoisotopic (exact) mass is 408 g/mol. The quantitative estimate of drug-likeness (QED) is 0.833. The number of para-hydroxylation sites is 1. The first-order valence-corrected chi connectivity index (χ1v) is 11.3. The summed E-state index contributed by atoms with van der Waals surface area (Å²) < 4.78 is 2.17. The molecule has 30 heavy (non-hydrogen) atoms. The highest BCUT2D eigenvalue weighted by Gasteiger charge is 2.37. The van der Waals surface area contributed by atoms with Crippen LogP contribution >= 0.6 is 0 Å². The maximum Gasteiger partial charge on any atom is 0.239 e. The summed E-state index contributed by atoms with van der Waals surface area (Å²) in [5.41, 5.74) is 1.14. The number of anilines is 1. The number of aromatic nitrogens is 2. The van der Waals surface area contributed by atoms with E-state index in [-0.39, 0.29) is 6.04 Å². The Balaban J connectivity index is 1.17. The molecule has 7 heteroatoms. The standard InChI is InChI=1S/C23H32N6O/c1-18-7-9-28(17-18)22(30)21-15-20(16-25-21)26-11-13-27(14-12-26)23-24-8-10-29(23)19-5-3-2-4-6-19/h2-6,8,10,18,20-21,25H,7,9,11-17H2,1H3/t18?,20-,21-/m0/s1. The van der Waals surface area contributed by atoms with Crippen molar-refractivity contribution < 1.29 is 4.79 Å². The van der Waals surface area contributed by atoms with Crippen molar-refractivity contribution in [2.45, 2.75) is 31.8 Å². The molecule has 0 bridgehead atoms. The number of rotatable bonds is 4. The number of hydrogen-bond donors (Lipinski definition) is 1. The number of carbonyl (C=O) groups is 1. The van der Waals surface area contributed by atoms with E-state index in [4.69, 9.17) is 0 Å². The molecule has 1 aromatic carbocycles. The fourth-order valence-corrected chi connectivity index (χ4v) is 5.15. The molecule has 3 saturated heterocycles. The zero-order chi connectivity index (χ0) is 20.5. The number of amides is 1. The van der Waals surface area contributed by atoms with Crippen LogP contribution in [0.15, 0.2) is 42.7 Å². The molecular weight excluding hydrogens is 376 g/mol. The number of piperazine rings is 1. The van der Waals surface area contributed by atoms with Gasteiger partial charge in [0.2, 0.25) is 11.9 Å². The average molecular weight is 409 g/mol. The van der Waals surface area contributed by atoms with Gasteiger partial charge in [0.1, 0.15) is 0 Å². The summed E-state index contributed by atoms with van der Waals surface area (Å²) in [5, 5.41) is 3.50. The predicted octanol–water partition coefficient (Wildman–Crippen LogP) is 1.59. The first kappa shape index (κ1) is 19.6. The van der Waals surface area contributed by atoms with Crippen LogP contribution in [0.1, 0.15) is 19.8 Å². The molecule has 0 radical (unpaired) electrons. The van der Waals surface area contributed by atoms with Crippen molar-refractivity contribution in [1.82, 2.24) is 24.7 Å². The van der Waals surface area contributed by atoms with Crippen LogP contribution in [0.3, 0.4) is 0 Å². The van der Waals surface area contributed by atoms with Crippen molar-refractivity contribution in [3.05, 3.63) is 42.7 Å². The number of carbonyl (C=O) groups excluding carboxylic acids is 1. The van der Waals surface area contributed by atoms with Crippen LogP contribution in [0.25, 0.3) is 5.69 Å². The van der Waals surface area contributed by atoms with Crippen LogP contribution < -0.4 is 10.2 Å². The van der Waals surface area contributed by atoms with Gasteiger partial charge in [0.05, 0.1) is 6.04 Å². The van der Waals surface area contributed by atoms with Gasteiger partial charge in [0.15, 0.2) is 0 Å². The van der Waals surface area contributed by atoms with Crippen molar-refractivity contribution in [2.75, 3.05) is 50.7 Å². The number of benzene rings is 1. The molecule has 0 aliphatic carbocycles. The summed E-state index contributed by atoms with van der Waals surface area (Å²) >= 11 is 0. The minimum absolute atomic E-state index is 0.00434. The minimum Gasteiger partial charge on any atom is -0.341 e. The molecule has 3 atom stereocenters. The summed E-state index contributed by atoms with van der Waals surface area (Å²) in [6, 6.07) is 10.8. The third-order valence-corrected chi connectivity index (χ3v) is 6.91. The lowest BCUT2D eigenvalue weighted by atomic mass is 10.1. The van der Waals surface area contributed by atoms with Crippen LogP contribution in [0.5, 0.6) is 0 Å². The second-order valence-electron chi connectivity index (χ2n) is 8.98. The number of nitrogens with one attached hydrogen (secondary N) is 1. The van der Waals surface area contributed by atoms with E-state index >= 15 is 0 Å². The molecule has 3 fully saturated rings. The lowest BCUT2D eigenvalue weighted by Gasteiger charge is -2.38. The van der Waals surface area contributed by atoms with Gasteiger partial charge in [-0.05, 0) is 30.9 Å². The molecule has 3 aliphatic heterocycles. The third-order valence-electron chi connectivity index (χ3n) is 6.91. The normalized spacial score (nSPS) is 27.7. The number of likely N-dealkylation sites (tertiary alicyclic amines) is 1. The molecule has 2 aromatic rings. The average Bonchev–Trinajstić information content (AvgIpc) is 3.54. The Hall–Kier alpha value is -2.38. The maximum absolute atomic E-state index is 12.8. The zero-order valence-electron chi connectivity index (χ0n) is 17.8. The van der Waals surface area contributed by atoms with E-state index in [2.05, 4.69) is 60.8 Å². The summed E-state index contributed by atoms with van der Waals surface area (Å²) in [6.45, 7) is 8.94. The van der Waals surface area contributed by atoms with E-state index < -0.39 is 0 Å². The summed E-state index contributed by atoms with van der Waals surface area (Å²) in [4.78, 5) is 24.5. The van der Waals surface area contributed by atoms with E-state index in [0.29, 0.717) is 17.9 Å². The molecule has 3 aliphatic rings. The van der Waals surface area contributed by atoms with Gasteiger partial charge in [-0.3, -0.25) is 14.3 Å². The van der Waals surface area contributed by atoms with E-state index in [1.807, 2.05) is 18.5 Å². The Morgan fingerprint density at radius 1 is 1.10 bits per heavy atom. The second kappa shape index (κ2) is 8.40. The third kappa shape index (κ3) is 3.84. The molecule has 1 aromatic heterocycles. The molecule has 0 spiro atoms. The number of imidazole rings is 1. The summed E-state index contributed by atoms with van der Waals surface area (Å²) in [6.07, 6.45) is 5.99. The highest BCUT2D eigenvalue weighted by atomic mass is 16.2. The predicted molar refractivity (Wildman–Crippen MR) is 118 cm³/mol. The van der Waals surface area contributed by atoms with E-state index in [0.717, 1.165) is 70.3 Å². The molecule has 1 amide bonds. The molecule has 4 heterocycles. The van der Waals surface area contributed by atoms with Gasteiger partial charge in [-0.1, -0.05) is 25.1 Å². The first-order chi connectivity index (χ1) is 14.7. The highest BCUT2D eigenvalue weighted by Crippen LogP contribution is 2.23. The largest absolute Gasteiger partial charge is 0.341 e. The van der Waals surface area contributed by atoms with Crippen LogP contribution in [0.4, 0.5) is 5.95 Å². The Bertz CT molecular complexity index is 860. The first-order valence-electron chi connectivity index (χ1n) is 11.3. The summed E-state index contributed by atoms with van der Waals surface area (Å²) in [5.74, 6) is 1.97. The zero-order valence-corrected chi connectivity index (χ0v) is 17.8. The second-order valence-corrected chi connectivity index (χ2v) is 8.98. The van der Waals surface area contributed by atoms with Crippen LogP contribution in [0, 0.1) is 5.92 Å². The van der Waals surface area contributed by atoms with Crippen molar-refractivity contribution in [3.8, 4) is 5.69 Å². The SMILES string of the molecule is CC1CCN(C(=O)[C@@H]2C[C@H](N3CCN(c4nccn4-c4ccccc4)CC3)CN2)C1. The molecular formula is C23H32N6O. The van der Waals surface area contributed by atoms with E-state index in [1.165, 1.54) is 0 Å². The Morgan fingerprint density at radius 2 is 1.90 bits per heavy atom. The van der Waals surface area contributed by atoms with Crippen molar-refractivity contribution in [3.63, 3.8) is 0 Å². The van der Waals surface area contributed by atoms with Gasteiger partial charge in [0.25, 0.3) is 0 Å². The number of nitrogens with zero attached hydrogens (tertiary/aromatic N) is 5. The Kier molecular flexibility index (Phi) is 5.48. The Labute approximate surface area is 178 Å². The van der Waals surface area contributed by atoms with Crippen LogP contribution in [-0.2, 0) is 4.79 Å². The van der Waals surface area contributed by atoms with Crippen LogP contribution in [-0.4, -0.2) is 83.2 Å². The van der Waals surface area contributed by atoms with Gasteiger partial charge in [-0.25, -0.2) is 4.98 Å². The van der Waals surface area contributed by atoms with Crippen molar-refractivity contribution in [2.24, 2.45) is 5.92 Å². The lowest BCUT2D eigenvalue weighted by Crippen LogP contribution is -2.51. The Morgan fingerprint density at radius 3 is 2.63 bits per heavy atom. The number of hydrogen-bond acceptors (Lipinski definition) is 5. The van der Waals surface area contributed by atoms with Gasteiger partial charge in [-0.15, -0.1) is 0 Å². The molecule has 1 unspecified atom stereocenters. The van der Waals surface area contributed by atoms with Gasteiger partial charge in [-0.2, -0.15) is 0 Å². The summed E-state index contributed by atoms with van der Waals surface area (Å²) in [7, 11) is 0. The van der Waals surface area contributed by atoms with E-state index in [1.54, 1.807) is 0 Å². The fraction of sp³-hybridized carbons (Fsp3) is 0.565. The molecule has 7 nitrogen and oxygen atoms in total. The van der Waals surface area contributed by atoms with Crippen molar-refractivity contribution in [1.29, 1.82) is 0 Å². The highest BCUT2D eigenvalue weighted by molar-refractivity contribution is 5.82. The molecule has 1 N–H and O–H groups in total. The molecule has 0 saturated carbocycles. The smallest absolute Gasteiger partial charge is 0.239 e. The fourth-order valence-electron chi connectivity index (χ4n) is 5.15. The maximum atomic E-state index is 12.8. The van der Waals surface area contributed by atoms with E-state index in [9.17, 15) is 4.79 Å². The van der Waals surface area contributed by atoms with Crippen molar-refractivity contribution >= 4 is 11.9 Å².